The van der Waals surface area contributed by atoms with Crippen molar-refractivity contribution in [1.82, 2.24) is 0 Å². The average Bonchev–Trinajstić information content (AvgIpc) is 3.04. The van der Waals surface area contributed by atoms with Crippen LogP contribution in [0.5, 0.6) is 0 Å². The van der Waals surface area contributed by atoms with Crippen LogP contribution in [0, 0.1) is 0 Å². The maximum atomic E-state index is 11.5. The molecule has 3 rings (SSSR count). The number of anilines is 4. The molecule has 220 valence electrons. The number of ether oxygens (including phenoxy) is 2. The highest BCUT2D eigenvalue weighted by Crippen LogP contribution is 2.36. The first-order valence-corrected chi connectivity index (χ1v) is 14.1. The van der Waals surface area contributed by atoms with E-state index >= 15 is 0 Å². The van der Waals surface area contributed by atoms with E-state index in [9.17, 15) is 4.79 Å². The van der Waals surface area contributed by atoms with E-state index in [-0.39, 0.29) is 6.61 Å². The van der Waals surface area contributed by atoms with Crippen molar-refractivity contribution in [2.75, 3.05) is 30.1 Å². The summed E-state index contributed by atoms with van der Waals surface area (Å²) in [6.45, 7) is 20.3. The zero-order chi connectivity index (χ0) is 31.0. The molecule has 0 unspecified atom stereocenters. The number of nitrogens with zero attached hydrogens (tertiary/aromatic N) is 2. The molecule has 5 nitrogen and oxygen atoms in total. The Morgan fingerprint density at radius 3 is 1.51 bits per heavy atom. The third kappa shape index (κ3) is 8.93. The Morgan fingerprint density at radius 1 is 0.651 bits per heavy atom. The smallest absolute Gasteiger partial charge is 0.330 e. The molecule has 3 aromatic carbocycles. The first-order valence-electron chi connectivity index (χ1n) is 14.1. The number of carbonyl (C=O) groups is 1. The molecule has 0 aliphatic rings. The fraction of sp³-hybridized carbons (Fsp3) is 0.132. The molecule has 0 spiro atoms. The zero-order valence-corrected chi connectivity index (χ0v) is 25.0. The number of carbonyl (C=O) groups excluding carboxylic acids is 1. The molecule has 0 saturated heterocycles. The van der Waals surface area contributed by atoms with Crippen LogP contribution < -0.4 is 9.80 Å². The maximum absolute atomic E-state index is 11.5. The van der Waals surface area contributed by atoms with Crippen molar-refractivity contribution in [3.8, 4) is 0 Å². The Balaban J connectivity index is 2.05. The van der Waals surface area contributed by atoms with Gasteiger partial charge in [0.05, 0.1) is 13.2 Å². The summed E-state index contributed by atoms with van der Waals surface area (Å²) in [6.07, 6.45) is 13.5. The minimum atomic E-state index is -0.431. The summed E-state index contributed by atoms with van der Waals surface area (Å²) in [4.78, 5) is 15.7. The highest BCUT2D eigenvalue weighted by atomic mass is 16.5. The molecule has 43 heavy (non-hydrogen) atoms. The van der Waals surface area contributed by atoms with E-state index in [0.717, 1.165) is 46.1 Å². The van der Waals surface area contributed by atoms with Crippen LogP contribution in [0.1, 0.15) is 11.1 Å². The summed E-state index contributed by atoms with van der Waals surface area (Å²) in [5.41, 5.74) is 7.82. The summed E-state index contributed by atoms with van der Waals surface area (Å²) < 4.78 is 10.5. The van der Waals surface area contributed by atoms with E-state index in [2.05, 4.69) is 97.3 Å². The summed E-state index contributed by atoms with van der Waals surface area (Å²) in [7, 11) is 1.71. The molecule has 0 amide bonds. The third-order valence-electron chi connectivity index (χ3n) is 6.61. The lowest BCUT2D eigenvalue weighted by Crippen LogP contribution is -2.17. The van der Waals surface area contributed by atoms with Crippen molar-refractivity contribution < 1.29 is 14.3 Å². The molecule has 0 aromatic heterocycles. The summed E-state index contributed by atoms with van der Waals surface area (Å²) in [5.74, 6) is -0.431. The molecular formula is C38H40N2O3. The van der Waals surface area contributed by atoms with Gasteiger partial charge >= 0.3 is 5.97 Å². The predicted molar refractivity (Wildman–Crippen MR) is 181 cm³/mol. The van der Waals surface area contributed by atoms with E-state index in [0.29, 0.717) is 13.0 Å². The third-order valence-corrected chi connectivity index (χ3v) is 6.61. The van der Waals surface area contributed by atoms with Crippen molar-refractivity contribution in [2.45, 2.75) is 12.8 Å². The van der Waals surface area contributed by atoms with Gasteiger partial charge in [0.1, 0.15) is 0 Å². The first kappa shape index (κ1) is 32.4. The second-order valence-corrected chi connectivity index (χ2v) is 9.45. The van der Waals surface area contributed by atoms with Gasteiger partial charge in [0.2, 0.25) is 0 Å². The number of methoxy groups -OCH3 is 1. The number of rotatable bonds is 17. The highest BCUT2D eigenvalue weighted by Gasteiger charge is 2.17. The summed E-state index contributed by atoms with van der Waals surface area (Å²) >= 11 is 0. The number of esters is 1. The van der Waals surface area contributed by atoms with E-state index < -0.39 is 5.97 Å². The highest BCUT2D eigenvalue weighted by molar-refractivity contribution is 5.81. The van der Waals surface area contributed by atoms with Gasteiger partial charge in [-0.05, 0) is 90.4 Å². The zero-order valence-electron chi connectivity index (χ0n) is 25.0. The largest absolute Gasteiger partial charge is 0.462 e. The van der Waals surface area contributed by atoms with Crippen LogP contribution in [0.15, 0.2) is 160 Å². The van der Waals surface area contributed by atoms with Gasteiger partial charge < -0.3 is 19.3 Å². The van der Waals surface area contributed by atoms with Crippen LogP contribution in [0.25, 0.3) is 0 Å². The minimum absolute atomic E-state index is 0.270. The van der Waals surface area contributed by atoms with E-state index in [1.165, 1.54) is 11.6 Å². The Kier molecular flexibility index (Phi) is 12.8. The van der Waals surface area contributed by atoms with Crippen molar-refractivity contribution in [3.05, 3.63) is 171 Å². The fourth-order valence-corrected chi connectivity index (χ4v) is 4.60. The molecule has 0 bridgehead atoms. The number of hydrogen-bond acceptors (Lipinski definition) is 5. The summed E-state index contributed by atoms with van der Waals surface area (Å²) in [5, 5.41) is 0. The molecule has 0 radical (unpaired) electrons. The average molecular weight is 573 g/mol. The lowest BCUT2D eigenvalue weighted by Gasteiger charge is -2.29. The first-order chi connectivity index (χ1) is 21.0. The molecule has 5 heteroatoms. The lowest BCUT2D eigenvalue weighted by molar-refractivity contribution is -0.137. The van der Waals surface area contributed by atoms with Crippen LogP contribution >= 0.6 is 0 Å². The van der Waals surface area contributed by atoms with Gasteiger partial charge in [-0.25, -0.2) is 4.79 Å². The Bertz CT molecular complexity index is 1500. The molecule has 0 aliphatic heterocycles. The van der Waals surface area contributed by atoms with Gasteiger partial charge in [0.25, 0.3) is 0 Å². The van der Waals surface area contributed by atoms with Crippen molar-refractivity contribution >= 4 is 28.7 Å². The maximum Gasteiger partial charge on any atom is 0.330 e. The predicted octanol–water partition coefficient (Wildman–Crippen LogP) is 8.94. The standard InChI is InChI=1S/C38H40N2O3/c1-7-14-32(9-3)39(36-18-12-16-30(28-36)24-26-42-6)34-20-22-35(23-21-34)40(33(10-4)15-8-2)37-19-13-17-31(29-37)25-27-43-38(41)11-5/h7-23,28-29H,1-5,24-27H2,6H3/b32-14+,33-15+. The van der Waals surface area contributed by atoms with Gasteiger partial charge in [-0.15, -0.1) is 0 Å². The van der Waals surface area contributed by atoms with Crippen LogP contribution in [-0.4, -0.2) is 26.3 Å². The van der Waals surface area contributed by atoms with Gasteiger partial charge in [-0.2, -0.15) is 0 Å². The molecule has 0 aliphatic carbocycles. The van der Waals surface area contributed by atoms with Crippen molar-refractivity contribution in [3.63, 3.8) is 0 Å². The molecule has 0 N–H and O–H groups in total. The van der Waals surface area contributed by atoms with Crippen molar-refractivity contribution in [2.24, 2.45) is 0 Å². The molecule has 0 heterocycles. The van der Waals surface area contributed by atoms with Gasteiger partial charge in [-0.3, -0.25) is 0 Å². The number of allylic oxidation sites excluding steroid dienone is 6. The number of hydrogen-bond donors (Lipinski definition) is 0. The lowest BCUT2D eigenvalue weighted by atomic mass is 10.1. The molecular weight excluding hydrogens is 532 g/mol. The molecule has 0 fully saturated rings. The van der Waals surface area contributed by atoms with Gasteiger partial charge in [0.15, 0.2) is 0 Å². The van der Waals surface area contributed by atoms with E-state index in [1.807, 2.05) is 36.4 Å². The number of benzene rings is 3. The SMILES string of the molecule is C=C/C=C(\C=C)N(c1ccc(N(/C(C=C)=C/C=C)c2cccc(CCOC(=O)C=C)c2)cc1)c1cccc(CCOC)c1. The van der Waals surface area contributed by atoms with Crippen LogP contribution in [-0.2, 0) is 27.1 Å². The van der Waals surface area contributed by atoms with Gasteiger partial charge in [-0.1, -0.05) is 69.3 Å². The fourth-order valence-electron chi connectivity index (χ4n) is 4.60. The Hall–Kier alpha value is -5.13. The van der Waals surface area contributed by atoms with Crippen molar-refractivity contribution in [1.29, 1.82) is 0 Å². The quantitative estimate of drug-likeness (QED) is 0.0918. The summed E-state index contributed by atoms with van der Waals surface area (Å²) in [6, 6.07) is 24.8. The minimum Gasteiger partial charge on any atom is -0.462 e. The van der Waals surface area contributed by atoms with E-state index in [4.69, 9.17) is 9.47 Å². The second-order valence-electron chi connectivity index (χ2n) is 9.45. The van der Waals surface area contributed by atoms with Crippen LogP contribution in [0.4, 0.5) is 22.7 Å². The Labute approximate surface area is 256 Å². The second kappa shape index (κ2) is 17.0. The van der Waals surface area contributed by atoms with Crippen LogP contribution in [0.2, 0.25) is 0 Å². The van der Waals surface area contributed by atoms with Crippen LogP contribution in [0.3, 0.4) is 0 Å². The van der Waals surface area contributed by atoms with E-state index in [1.54, 1.807) is 25.3 Å². The van der Waals surface area contributed by atoms with Gasteiger partial charge in [0, 0.05) is 53.8 Å². The molecule has 0 saturated carbocycles. The monoisotopic (exact) mass is 572 g/mol. The molecule has 0 atom stereocenters. The molecule has 3 aromatic rings. The Morgan fingerprint density at radius 2 is 1.12 bits per heavy atom. The topological polar surface area (TPSA) is 42.0 Å². The normalized spacial score (nSPS) is 11.3.